The summed E-state index contributed by atoms with van der Waals surface area (Å²) in [5.41, 5.74) is 4.48. The molecule has 0 spiro atoms. The molecule has 2 aromatic rings. The molecule has 0 radical (unpaired) electrons. The van der Waals surface area contributed by atoms with Crippen molar-refractivity contribution >= 4 is 17.4 Å². The van der Waals surface area contributed by atoms with Crippen LogP contribution in [0, 0.1) is 13.8 Å². The molecule has 0 atom stereocenters. The first kappa shape index (κ1) is 18.7. The van der Waals surface area contributed by atoms with E-state index >= 15 is 0 Å². The quantitative estimate of drug-likeness (QED) is 0.820. The van der Waals surface area contributed by atoms with Crippen LogP contribution in [0.15, 0.2) is 30.3 Å². The molecule has 2 aliphatic heterocycles. The molecule has 0 saturated carbocycles. The smallest absolute Gasteiger partial charge is 0.274 e. The summed E-state index contributed by atoms with van der Waals surface area (Å²) in [5.74, 6) is 0.870. The molecule has 2 saturated heterocycles. The lowest BCUT2D eigenvalue weighted by molar-refractivity contribution is 0.0717. The van der Waals surface area contributed by atoms with E-state index in [2.05, 4.69) is 52.0 Å². The second-order valence-electron chi connectivity index (χ2n) is 7.82. The first-order chi connectivity index (χ1) is 13.6. The van der Waals surface area contributed by atoms with E-state index < -0.39 is 0 Å². The minimum Gasteiger partial charge on any atom is -0.368 e. The molecule has 2 aliphatic rings. The lowest BCUT2D eigenvalue weighted by atomic mass is 10.1. The summed E-state index contributed by atoms with van der Waals surface area (Å²) >= 11 is 0. The Morgan fingerprint density at radius 1 is 0.821 bits per heavy atom. The monoisotopic (exact) mass is 379 g/mol. The molecule has 1 aromatic heterocycles. The third kappa shape index (κ3) is 3.81. The van der Waals surface area contributed by atoms with E-state index in [4.69, 9.17) is 0 Å². The molecule has 6 nitrogen and oxygen atoms in total. The average molecular weight is 380 g/mol. The van der Waals surface area contributed by atoms with Crippen LogP contribution in [0.3, 0.4) is 0 Å². The van der Waals surface area contributed by atoms with Gasteiger partial charge in [-0.2, -0.15) is 0 Å². The van der Waals surface area contributed by atoms with Crippen molar-refractivity contribution in [2.45, 2.75) is 33.1 Å². The highest BCUT2D eigenvalue weighted by Crippen LogP contribution is 2.25. The molecule has 148 valence electrons. The molecule has 0 aliphatic carbocycles. The predicted molar refractivity (Wildman–Crippen MR) is 112 cm³/mol. The Hall–Kier alpha value is -2.63. The van der Waals surface area contributed by atoms with E-state index in [9.17, 15) is 4.79 Å². The molecule has 0 N–H and O–H groups in total. The second kappa shape index (κ2) is 8.17. The fourth-order valence-corrected chi connectivity index (χ4v) is 4.12. The SMILES string of the molecule is Cc1cccc(N2CCN(c3ccc(C(=O)N4CCCCC4)nn3)CC2)c1C. The van der Waals surface area contributed by atoms with Gasteiger partial charge < -0.3 is 14.7 Å². The van der Waals surface area contributed by atoms with Crippen LogP contribution in [0.25, 0.3) is 0 Å². The summed E-state index contributed by atoms with van der Waals surface area (Å²) in [6.45, 7) is 9.76. The van der Waals surface area contributed by atoms with Gasteiger partial charge in [-0.05, 0) is 62.4 Å². The average Bonchev–Trinajstić information content (AvgIpc) is 2.76. The molecule has 1 amide bonds. The minimum absolute atomic E-state index is 0.0125. The topological polar surface area (TPSA) is 52.6 Å². The lowest BCUT2D eigenvalue weighted by Crippen LogP contribution is -2.47. The van der Waals surface area contributed by atoms with Crippen molar-refractivity contribution in [3.05, 3.63) is 47.2 Å². The predicted octanol–water partition coefficient (Wildman–Crippen LogP) is 3.05. The number of carbonyl (C=O) groups is 1. The fraction of sp³-hybridized carbons (Fsp3) is 0.500. The maximum absolute atomic E-state index is 12.5. The van der Waals surface area contributed by atoms with Crippen molar-refractivity contribution in [1.82, 2.24) is 15.1 Å². The number of anilines is 2. The number of nitrogens with zero attached hydrogens (tertiary/aromatic N) is 5. The van der Waals surface area contributed by atoms with Crippen molar-refractivity contribution in [3.8, 4) is 0 Å². The van der Waals surface area contributed by atoms with Crippen LogP contribution in [-0.4, -0.2) is 60.3 Å². The van der Waals surface area contributed by atoms with E-state index in [1.807, 2.05) is 17.0 Å². The third-order valence-electron chi connectivity index (χ3n) is 6.03. The Morgan fingerprint density at radius 3 is 2.21 bits per heavy atom. The van der Waals surface area contributed by atoms with E-state index in [0.717, 1.165) is 57.9 Å². The maximum atomic E-state index is 12.5. The number of piperazine rings is 1. The van der Waals surface area contributed by atoms with Crippen LogP contribution in [0.5, 0.6) is 0 Å². The molecule has 28 heavy (non-hydrogen) atoms. The van der Waals surface area contributed by atoms with Gasteiger partial charge in [-0.25, -0.2) is 0 Å². The first-order valence-corrected chi connectivity index (χ1v) is 10.3. The Morgan fingerprint density at radius 2 is 1.54 bits per heavy atom. The van der Waals surface area contributed by atoms with Gasteiger partial charge in [0.2, 0.25) is 0 Å². The number of hydrogen-bond donors (Lipinski definition) is 0. The van der Waals surface area contributed by atoms with Crippen LogP contribution in [0.4, 0.5) is 11.5 Å². The third-order valence-corrected chi connectivity index (χ3v) is 6.03. The number of aryl methyl sites for hydroxylation is 1. The number of piperidine rings is 1. The van der Waals surface area contributed by atoms with Crippen molar-refractivity contribution in [1.29, 1.82) is 0 Å². The highest BCUT2D eigenvalue weighted by atomic mass is 16.2. The minimum atomic E-state index is 0.0125. The van der Waals surface area contributed by atoms with Crippen molar-refractivity contribution < 1.29 is 4.79 Å². The van der Waals surface area contributed by atoms with E-state index in [1.165, 1.54) is 23.2 Å². The zero-order chi connectivity index (χ0) is 19.5. The lowest BCUT2D eigenvalue weighted by Gasteiger charge is -2.37. The number of aromatic nitrogens is 2. The summed E-state index contributed by atoms with van der Waals surface area (Å²) in [5, 5.41) is 8.59. The van der Waals surface area contributed by atoms with Gasteiger partial charge >= 0.3 is 0 Å². The molecule has 2 fully saturated rings. The number of likely N-dealkylation sites (tertiary alicyclic amines) is 1. The van der Waals surface area contributed by atoms with Crippen molar-refractivity contribution in [2.24, 2.45) is 0 Å². The normalized spacial score (nSPS) is 17.7. The number of amides is 1. The second-order valence-corrected chi connectivity index (χ2v) is 7.82. The van der Waals surface area contributed by atoms with Gasteiger partial charge in [0.05, 0.1) is 0 Å². The van der Waals surface area contributed by atoms with Crippen LogP contribution in [0.1, 0.15) is 40.9 Å². The van der Waals surface area contributed by atoms with Crippen LogP contribution in [0.2, 0.25) is 0 Å². The number of rotatable bonds is 3. The molecule has 6 heteroatoms. The highest BCUT2D eigenvalue weighted by molar-refractivity contribution is 5.92. The van der Waals surface area contributed by atoms with E-state index in [-0.39, 0.29) is 5.91 Å². The van der Waals surface area contributed by atoms with Gasteiger partial charge in [0.25, 0.3) is 5.91 Å². The summed E-state index contributed by atoms with van der Waals surface area (Å²) in [6, 6.07) is 10.3. The summed E-state index contributed by atoms with van der Waals surface area (Å²) in [7, 11) is 0. The fourth-order valence-electron chi connectivity index (χ4n) is 4.12. The zero-order valence-electron chi connectivity index (χ0n) is 16.9. The van der Waals surface area contributed by atoms with Gasteiger partial charge in [-0.1, -0.05) is 12.1 Å². The number of carbonyl (C=O) groups excluding carboxylic acids is 1. The first-order valence-electron chi connectivity index (χ1n) is 10.3. The molecule has 4 rings (SSSR count). The summed E-state index contributed by atoms with van der Waals surface area (Å²) in [4.78, 5) is 19.1. The maximum Gasteiger partial charge on any atom is 0.274 e. The molecule has 1 aromatic carbocycles. The molecule has 3 heterocycles. The summed E-state index contributed by atoms with van der Waals surface area (Å²) < 4.78 is 0. The van der Waals surface area contributed by atoms with Crippen LogP contribution >= 0.6 is 0 Å². The molecular weight excluding hydrogens is 350 g/mol. The Bertz CT molecular complexity index is 821. The molecule has 0 unspecified atom stereocenters. The largest absolute Gasteiger partial charge is 0.368 e. The standard InChI is InChI=1S/C22H29N5O/c1-17-7-6-8-20(18(17)2)25-13-15-26(16-14-25)21-10-9-19(23-24-21)22(28)27-11-4-3-5-12-27/h6-10H,3-5,11-16H2,1-2H3. The van der Waals surface area contributed by atoms with Gasteiger partial charge in [0.1, 0.15) is 0 Å². The van der Waals surface area contributed by atoms with Crippen molar-refractivity contribution in [3.63, 3.8) is 0 Å². The van der Waals surface area contributed by atoms with E-state index in [1.54, 1.807) is 0 Å². The van der Waals surface area contributed by atoms with Crippen molar-refractivity contribution in [2.75, 3.05) is 49.1 Å². The van der Waals surface area contributed by atoms with Gasteiger partial charge in [0, 0.05) is 45.0 Å². The van der Waals surface area contributed by atoms with Gasteiger partial charge in [0.15, 0.2) is 11.5 Å². The zero-order valence-corrected chi connectivity index (χ0v) is 16.9. The highest BCUT2D eigenvalue weighted by Gasteiger charge is 2.22. The van der Waals surface area contributed by atoms with Crippen LogP contribution in [-0.2, 0) is 0 Å². The van der Waals surface area contributed by atoms with Crippen LogP contribution < -0.4 is 9.80 Å². The Kier molecular flexibility index (Phi) is 5.46. The van der Waals surface area contributed by atoms with E-state index in [0.29, 0.717) is 5.69 Å². The Labute approximate surface area is 167 Å². The molecule has 0 bridgehead atoms. The Balaban J connectivity index is 1.38. The molecular formula is C22H29N5O. The summed E-state index contributed by atoms with van der Waals surface area (Å²) in [6.07, 6.45) is 3.38. The van der Waals surface area contributed by atoms with Gasteiger partial charge in [-0.3, -0.25) is 4.79 Å². The number of hydrogen-bond acceptors (Lipinski definition) is 5. The number of benzene rings is 1. The van der Waals surface area contributed by atoms with Gasteiger partial charge in [-0.15, -0.1) is 10.2 Å².